The van der Waals surface area contributed by atoms with Gasteiger partial charge in [0.1, 0.15) is 5.69 Å². The number of nitro groups is 1. The molecule has 1 heterocycles. The summed E-state index contributed by atoms with van der Waals surface area (Å²) in [6.07, 6.45) is 0.923. The molecule has 7 heteroatoms. The average molecular weight is 292 g/mol. The van der Waals surface area contributed by atoms with Crippen LogP contribution in [0.25, 0.3) is 0 Å². The summed E-state index contributed by atoms with van der Waals surface area (Å²) >= 11 is 0. The minimum atomic E-state index is -0.443. The Hall–Kier alpha value is -2.15. The van der Waals surface area contributed by atoms with Crippen LogP contribution in [0.3, 0.4) is 0 Å². The van der Waals surface area contributed by atoms with E-state index >= 15 is 0 Å². The Kier molecular flexibility index (Phi) is 4.42. The van der Waals surface area contributed by atoms with Crippen LogP contribution < -0.4 is 16.0 Å². The van der Waals surface area contributed by atoms with Gasteiger partial charge in [0, 0.05) is 37.8 Å². The molecule has 21 heavy (non-hydrogen) atoms. The number of carbonyl (C=O) groups excluding carboxylic acids is 1. The van der Waals surface area contributed by atoms with Crippen LogP contribution in [0.2, 0.25) is 0 Å². The van der Waals surface area contributed by atoms with Crippen LogP contribution in [-0.4, -0.2) is 37.0 Å². The van der Waals surface area contributed by atoms with Gasteiger partial charge < -0.3 is 16.0 Å². The lowest BCUT2D eigenvalue weighted by Crippen LogP contribution is -2.30. The molecule has 2 unspecified atom stereocenters. The van der Waals surface area contributed by atoms with Crippen LogP contribution in [0.5, 0.6) is 0 Å². The molecule has 2 atom stereocenters. The Morgan fingerprint density at radius 1 is 1.57 bits per heavy atom. The smallest absolute Gasteiger partial charge is 0.293 e. The first-order valence-corrected chi connectivity index (χ1v) is 6.95. The van der Waals surface area contributed by atoms with E-state index in [4.69, 9.17) is 5.73 Å². The average Bonchev–Trinajstić information content (AvgIpc) is 2.95. The van der Waals surface area contributed by atoms with Gasteiger partial charge in [-0.1, -0.05) is 0 Å². The van der Waals surface area contributed by atoms with E-state index in [1.807, 2.05) is 11.8 Å². The maximum atomic E-state index is 11.6. The van der Waals surface area contributed by atoms with Gasteiger partial charge in [-0.25, -0.2) is 0 Å². The molecule has 1 saturated heterocycles. The van der Waals surface area contributed by atoms with Gasteiger partial charge in [0.15, 0.2) is 0 Å². The van der Waals surface area contributed by atoms with Gasteiger partial charge in [0.2, 0.25) is 0 Å². The van der Waals surface area contributed by atoms with Crippen molar-refractivity contribution < 1.29 is 9.72 Å². The molecule has 114 valence electrons. The monoisotopic (exact) mass is 292 g/mol. The van der Waals surface area contributed by atoms with Crippen molar-refractivity contribution in [1.82, 2.24) is 5.32 Å². The number of benzene rings is 1. The molecule has 0 aliphatic carbocycles. The Morgan fingerprint density at radius 2 is 2.29 bits per heavy atom. The summed E-state index contributed by atoms with van der Waals surface area (Å²) < 4.78 is 0. The van der Waals surface area contributed by atoms with E-state index in [1.165, 1.54) is 13.1 Å². The van der Waals surface area contributed by atoms with Crippen molar-refractivity contribution in [2.75, 3.05) is 25.0 Å². The molecule has 2 rings (SSSR count). The quantitative estimate of drug-likeness (QED) is 0.640. The minimum absolute atomic E-state index is 0.0403. The lowest BCUT2D eigenvalue weighted by molar-refractivity contribution is -0.384. The van der Waals surface area contributed by atoms with Crippen molar-refractivity contribution >= 4 is 17.3 Å². The van der Waals surface area contributed by atoms with Gasteiger partial charge in [-0.3, -0.25) is 14.9 Å². The summed E-state index contributed by atoms with van der Waals surface area (Å²) in [5.41, 5.74) is 6.70. The SMILES string of the molecule is CNC(=O)c1ccc(N2CCC(C(C)N)C2)c([N+](=O)[O-])c1. The fraction of sp³-hybridized carbons (Fsp3) is 0.500. The lowest BCUT2D eigenvalue weighted by atomic mass is 10.0. The summed E-state index contributed by atoms with van der Waals surface area (Å²) in [5.74, 6) is 0.00255. The predicted molar refractivity (Wildman–Crippen MR) is 80.5 cm³/mol. The van der Waals surface area contributed by atoms with Crippen molar-refractivity contribution in [3.8, 4) is 0 Å². The lowest BCUT2D eigenvalue weighted by Gasteiger charge is -2.20. The number of amides is 1. The van der Waals surface area contributed by atoms with Crippen LogP contribution >= 0.6 is 0 Å². The molecule has 1 aliphatic heterocycles. The first-order chi connectivity index (χ1) is 9.93. The molecule has 1 amide bonds. The van der Waals surface area contributed by atoms with Crippen LogP contribution in [0.15, 0.2) is 18.2 Å². The Bertz CT molecular complexity index is 559. The van der Waals surface area contributed by atoms with Gasteiger partial charge in [0.05, 0.1) is 4.92 Å². The van der Waals surface area contributed by atoms with E-state index in [0.717, 1.165) is 13.0 Å². The molecule has 0 spiro atoms. The van der Waals surface area contributed by atoms with Crippen molar-refractivity contribution in [3.05, 3.63) is 33.9 Å². The maximum Gasteiger partial charge on any atom is 0.293 e. The van der Waals surface area contributed by atoms with E-state index in [1.54, 1.807) is 12.1 Å². The topological polar surface area (TPSA) is 102 Å². The van der Waals surface area contributed by atoms with Gasteiger partial charge in [-0.05, 0) is 31.4 Å². The number of anilines is 1. The summed E-state index contributed by atoms with van der Waals surface area (Å²) in [6.45, 7) is 3.40. The van der Waals surface area contributed by atoms with Gasteiger partial charge >= 0.3 is 0 Å². The summed E-state index contributed by atoms with van der Waals surface area (Å²) in [5, 5.41) is 13.7. The second kappa shape index (κ2) is 6.09. The zero-order chi connectivity index (χ0) is 15.6. The number of nitrogens with one attached hydrogen (secondary N) is 1. The molecule has 1 fully saturated rings. The second-order valence-electron chi connectivity index (χ2n) is 5.39. The molecule has 0 bridgehead atoms. The zero-order valence-corrected chi connectivity index (χ0v) is 12.2. The predicted octanol–water partition coefficient (Wildman–Crippen LogP) is 1.13. The summed E-state index contributed by atoms with van der Waals surface area (Å²) in [4.78, 5) is 24.4. The molecular formula is C14H20N4O3. The highest BCUT2D eigenvalue weighted by Gasteiger charge is 2.29. The third-order valence-corrected chi connectivity index (χ3v) is 3.97. The van der Waals surface area contributed by atoms with Crippen molar-refractivity contribution in [1.29, 1.82) is 0 Å². The third kappa shape index (κ3) is 3.13. The highest BCUT2D eigenvalue weighted by Crippen LogP contribution is 2.33. The van der Waals surface area contributed by atoms with Crippen molar-refractivity contribution in [2.45, 2.75) is 19.4 Å². The van der Waals surface area contributed by atoms with Crippen LogP contribution in [0.4, 0.5) is 11.4 Å². The largest absolute Gasteiger partial charge is 0.366 e. The summed E-state index contributed by atoms with van der Waals surface area (Å²) in [6, 6.07) is 4.65. The van der Waals surface area contributed by atoms with Gasteiger partial charge in [0.25, 0.3) is 11.6 Å². The van der Waals surface area contributed by atoms with Gasteiger partial charge in [-0.2, -0.15) is 0 Å². The van der Waals surface area contributed by atoms with Crippen LogP contribution in [0, 0.1) is 16.0 Å². The fourth-order valence-corrected chi connectivity index (χ4v) is 2.66. The fourth-order valence-electron chi connectivity index (χ4n) is 2.66. The van der Waals surface area contributed by atoms with Crippen molar-refractivity contribution in [3.63, 3.8) is 0 Å². The first-order valence-electron chi connectivity index (χ1n) is 6.95. The number of hydrogen-bond acceptors (Lipinski definition) is 5. The standard InChI is InChI=1S/C14H20N4O3/c1-9(15)11-5-6-17(8-11)12-4-3-10(14(19)16-2)7-13(12)18(20)21/h3-4,7,9,11H,5-6,8,15H2,1-2H3,(H,16,19). The number of hydrogen-bond donors (Lipinski definition) is 2. The van der Waals surface area contributed by atoms with E-state index in [9.17, 15) is 14.9 Å². The number of rotatable bonds is 4. The Morgan fingerprint density at radius 3 is 2.81 bits per heavy atom. The van der Waals surface area contributed by atoms with E-state index in [2.05, 4.69) is 5.32 Å². The van der Waals surface area contributed by atoms with E-state index in [-0.39, 0.29) is 23.2 Å². The zero-order valence-electron chi connectivity index (χ0n) is 12.2. The number of nitrogens with two attached hydrogens (primary N) is 1. The maximum absolute atomic E-state index is 11.6. The van der Waals surface area contributed by atoms with Gasteiger partial charge in [-0.15, -0.1) is 0 Å². The molecule has 1 aromatic carbocycles. The molecule has 3 N–H and O–H groups in total. The number of nitro benzene ring substituents is 1. The Balaban J connectivity index is 2.32. The molecule has 0 aromatic heterocycles. The highest BCUT2D eigenvalue weighted by atomic mass is 16.6. The third-order valence-electron chi connectivity index (χ3n) is 3.97. The Labute approximate surface area is 123 Å². The van der Waals surface area contributed by atoms with Crippen molar-refractivity contribution in [2.24, 2.45) is 11.7 Å². The molecular weight excluding hydrogens is 272 g/mol. The summed E-state index contributed by atoms with van der Waals surface area (Å²) in [7, 11) is 1.50. The van der Waals surface area contributed by atoms with E-state index < -0.39 is 4.92 Å². The molecule has 1 aromatic rings. The first kappa shape index (κ1) is 15.2. The number of nitrogens with zero attached hydrogens (tertiary/aromatic N) is 2. The second-order valence-corrected chi connectivity index (χ2v) is 5.39. The highest BCUT2D eigenvalue weighted by molar-refractivity contribution is 5.95. The van der Waals surface area contributed by atoms with E-state index in [0.29, 0.717) is 18.2 Å². The molecule has 0 saturated carbocycles. The number of carbonyl (C=O) groups is 1. The molecule has 1 aliphatic rings. The molecule has 0 radical (unpaired) electrons. The minimum Gasteiger partial charge on any atom is -0.366 e. The molecule has 7 nitrogen and oxygen atoms in total. The van der Waals surface area contributed by atoms with Crippen LogP contribution in [-0.2, 0) is 0 Å². The van der Waals surface area contributed by atoms with Crippen LogP contribution in [0.1, 0.15) is 23.7 Å². The normalized spacial score (nSPS) is 19.4.